The van der Waals surface area contributed by atoms with Gasteiger partial charge in [0, 0.05) is 34.1 Å². The van der Waals surface area contributed by atoms with Gasteiger partial charge in [0.05, 0.1) is 0 Å². The van der Waals surface area contributed by atoms with E-state index < -0.39 is 0 Å². The first kappa shape index (κ1) is 15.5. The minimum Gasteiger partial charge on any atom is -0.439 e. The van der Waals surface area contributed by atoms with Crippen LogP contribution in [0.15, 0.2) is 59.1 Å². The average molecular weight is 371 g/mol. The van der Waals surface area contributed by atoms with Gasteiger partial charge in [-0.3, -0.25) is 0 Å². The molecule has 1 aromatic carbocycles. The summed E-state index contributed by atoms with van der Waals surface area (Å²) in [5, 5.41) is 0. The van der Waals surface area contributed by atoms with Gasteiger partial charge in [0.2, 0.25) is 11.8 Å². The predicted molar refractivity (Wildman–Crippen MR) is 92.2 cm³/mol. The van der Waals surface area contributed by atoms with Crippen LogP contribution in [0.4, 0.5) is 0 Å². The van der Waals surface area contributed by atoms with Crippen LogP contribution in [0.3, 0.4) is 0 Å². The van der Waals surface area contributed by atoms with Crippen molar-refractivity contribution in [2.45, 2.75) is 13.8 Å². The van der Waals surface area contributed by atoms with Gasteiger partial charge in [-0.2, -0.15) is 0 Å². The van der Waals surface area contributed by atoms with Crippen molar-refractivity contribution in [1.29, 1.82) is 0 Å². The Morgan fingerprint density at radius 2 is 1.22 bits per heavy atom. The maximum absolute atomic E-state index is 5.80. The van der Waals surface area contributed by atoms with Crippen molar-refractivity contribution in [2.75, 3.05) is 0 Å². The fourth-order valence-electron chi connectivity index (χ4n) is 2.05. The average Bonchev–Trinajstić information content (AvgIpc) is 2.46. The Bertz CT molecular complexity index is 771. The summed E-state index contributed by atoms with van der Waals surface area (Å²) in [6.07, 6.45) is 0. The van der Waals surface area contributed by atoms with E-state index in [1.54, 1.807) is 6.07 Å². The summed E-state index contributed by atoms with van der Waals surface area (Å²) in [6, 6.07) is 16.8. The number of hydrogen-bond acceptors (Lipinski definition) is 4. The molecule has 0 atom stereocenters. The van der Waals surface area contributed by atoms with Crippen molar-refractivity contribution in [1.82, 2.24) is 9.97 Å². The number of rotatable bonds is 4. The Morgan fingerprint density at radius 1 is 0.739 bits per heavy atom. The topological polar surface area (TPSA) is 44.2 Å². The highest BCUT2D eigenvalue weighted by molar-refractivity contribution is 9.10. The first-order valence-electron chi connectivity index (χ1n) is 7.12. The summed E-state index contributed by atoms with van der Waals surface area (Å²) in [5.41, 5.74) is 1.80. The van der Waals surface area contributed by atoms with E-state index in [9.17, 15) is 0 Å². The summed E-state index contributed by atoms with van der Waals surface area (Å²) in [7, 11) is 0. The SMILES string of the molecule is Cc1cccc(Oc2cc(Br)cc(Oc3cccc(C)n3)c2)n1. The molecule has 3 rings (SSSR count). The van der Waals surface area contributed by atoms with Gasteiger partial charge in [-0.25, -0.2) is 9.97 Å². The fourth-order valence-corrected chi connectivity index (χ4v) is 2.50. The number of pyridine rings is 2. The molecule has 3 aromatic rings. The van der Waals surface area contributed by atoms with Crippen LogP contribution in [-0.4, -0.2) is 9.97 Å². The van der Waals surface area contributed by atoms with Crippen LogP contribution in [0.2, 0.25) is 0 Å². The monoisotopic (exact) mass is 370 g/mol. The van der Waals surface area contributed by atoms with Crippen LogP contribution in [0.25, 0.3) is 0 Å². The molecular formula is C18H15BrN2O2. The van der Waals surface area contributed by atoms with Gasteiger partial charge in [0.15, 0.2) is 0 Å². The van der Waals surface area contributed by atoms with Crippen molar-refractivity contribution >= 4 is 15.9 Å². The zero-order chi connectivity index (χ0) is 16.2. The molecule has 0 N–H and O–H groups in total. The summed E-state index contributed by atoms with van der Waals surface area (Å²) < 4.78 is 12.5. The Hall–Kier alpha value is -2.40. The molecule has 0 bridgehead atoms. The van der Waals surface area contributed by atoms with Crippen molar-refractivity contribution in [3.63, 3.8) is 0 Å². The van der Waals surface area contributed by atoms with Crippen molar-refractivity contribution < 1.29 is 9.47 Å². The zero-order valence-electron chi connectivity index (χ0n) is 12.8. The Balaban J connectivity index is 1.84. The smallest absolute Gasteiger partial charge is 0.219 e. The Labute approximate surface area is 143 Å². The molecule has 4 nitrogen and oxygen atoms in total. The van der Waals surface area contributed by atoms with E-state index in [-0.39, 0.29) is 0 Å². The van der Waals surface area contributed by atoms with E-state index in [0.29, 0.717) is 23.3 Å². The highest BCUT2D eigenvalue weighted by Gasteiger charge is 2.06. The first-order chi connectivity index (χ1) is 11.1. The molecule has 0 fully saturated rings. The van der Waals surface area contributed by atoms with Gasteiger partial charge in [-0.05, 0) is 38.1 Å². The molecule has 0 aliphatic carbocycles. The normalized spacial score (nSPS) is 10.4. The zero-order valence-corrected chi connectivity index (χ0v) is 14.4. The molecule has 0 spiro atoms. The molecule has 2 aromatic heterocycles. The van der Waals surface area contributed by atoms with Gasteiger partial charge < -0.3 is 9.47 Å². The molecule has 5 heteroatoms. The van der Waals surface area contributed by atoms with Crippen LogP contribution < -0.4 is 9.47 Å². The van der Waals surface area contributed by atoms with Gasteiger partial charge in [-0.1, -0.05) is 28.1 Å². The third-order valence-electron chi connectivity index (χ3n) is 3.02. The van der Waals surface area contributed by atoms with E-state index in [2.05, 4.69) is 25.9 Å². The molecule has 0 saturated carbocycles. The summed E-state index contributed by atoms with van der Waals surface area (Å²) in [6.45, 7) is 3.84. The fraction of sp³-hybridized carbons (Fsp3) is 0.111. The number of halogens is 1. The minimum absolute atomic E-state index is 0.544. The number of nitrogens with zero attached hydrogens (tertiary/aromatic N) is 2. The highest BCUT2D eigenvalue weighted by Crippen LogP contribution is 2.31. The standard InChI is InChI=1S/C18H15BrN2O2/c1-12-5-3-7-17(20-12)22-15-9-14(19)10-16(11-15)23-18-8-4-6-13(2)21-18/h3-11H,1-2H3. The van der Waals surface area contributed by atoms with E-state index >= 15 is 0 Å². The maximum atomic E-state index is 5.80. The van der Waals surface area contributed by atoms with Gasteiger partial charge in [0.25, 0.3) is 0 Å². The molecule has 116 valence electrons. The van der Waals surface area contributed by atoms with E-state index in [0.717, 1.165) is 15.9 Å². The van der Waals surface area contributed by atoms with Crippen LogP contribution >= 0.6 is 15.9 Å². The molecule has 23 heavy (non-hydrogen) atoms. The lowest BCUT2D eigenvalue weighted by Gasteiger charge is -2.10. The number of aryl methyl sites for hydroxylation is 2. The third-order valence-corrected chi connectivity index (χ3v) is 3.47. The predicted octanol–water partition coefficient (Wildman–Crippen LogP) is 5.44. The quantitative estimate of drug-likeness (QED) is 0.613. The lowest BCUT2D eigenvalue weighted by molar-refractivity contribution is 0.440. The second-order valence-electron chi connectivity index (χ2n) is 5.06. The van der Waals surface area contributed by atoms with Crippen molar-refractivity contribution in [2.24, 2.45) is 0 Å². The lowest BCUT2D eigenvalue weighted by Crippen LogP contribution is -1.92. The van der Waals surface area contributed by atoms with Crippen LogP contribution in [-0.2, 0) is 0 Å². The van der Waals surface area contributed by atoms with Crippen LogP contribution in [0.1, 0.15) is 11.4 Å². The molecule has 0 saturated heterocycles. The van der Waals surface area contributed by atoms with Gasteiger partial charge in [-0.15, -0.1) is 0 Å². The van der Waals surface area contributed by atoms with Crippen molar-refractivity contribution in [3.05, 3.63) is 70.5 Å². The molecule has 0 aliphatic heterocycles. The lowest BCUT2D eigenvalue weighted by atomic mass is 10.3. The number of aromatic nitrogens is 2. The maximum Gasteiger partial charge on any atom is 0.219 e. The molecule has 0 amide bonds. The highest BCUT2D eigenvalue weighted by atomic mass is 79.9. The summed E-state index contributed by atoms with van der Waals surface area (Å²) >= 11 is 3.47. The summed E-state index contributed by atoms with van der Waals surface area (Å²) in [4.78, 5) is 8.67. The Kier molecular flexibility index (Phi) is 4.57. The number of benzene rings is 1. The number of hydrogen-bond donors (Lipinski definition) is 0. The van der Waals surface area contributed by atoms with Crippen LogP contribution in [0.5, 0.6) is 23.3 Å². The molecule has 0 unspecified atom stereocenters. The largest absolute Gasteiger partial charge is 0.439 e. The van der Waals surface area contributed by atoms with E-state index in [4.69, 9.17) is 9.47 Å². The van der Waals surface area contributed by atoms with Crippen LogP contribution in [0, 0.1) is 13.8 Å². The molecule has 0 aliphatic rings. The second kappa shape index (κ2) is 6.79. The molecule has 2 heterocycles. The van der Waals surface area contributed by atoms with Gasteiger partial charge in [0.1, 0.15) is 11.5 Å². The van der Waals surface area contributed by atoms with Gasteiger partial charge >= 0.3 is 0 Å². The third kappa shape index (κ3) is 4.29. The summed E-state index contributed by atoms with van der Waals surface area (Å²) in [5.74, 6) is 2.37. The number of ether oxygens (including phenoxy) is 2. The Morgan fingerprint density at radius 3 is 1.65 bits per heavy atom. The first-order valence-corrected chi connectivity index (χ1v) is 7.91. The van der Waals surface area contributed by atoms with E-state index in [1.807, 2.05) is 62.4 Å². The molecule has 0 radical (unpaired) electrons. The minimum atomic E-state index is 0.544. The van der Waals surface area contributed by atoms with E-state index in [1.165, 1.54) is 0 Å². The van der Waals surface area contributed by atoms with Crippen molar-refractivity contribution in [3.8, 4) is 23.3 Å². The molecular weight excluding hydrogens is 356 g/mol. The second-order valence-corrected chi connectivity index (χ2v) is 5.98.